The molecule has 248 valence electrons. The van der Waals surface area contributed by atoms with Crippen LogP contribution in [0.2, 0.25) is 0 Å². The summed E-state index contributed by atoms with van der Waals surface area (Å²) in [4.78, 5) is 50.0. The highest BCUT2D eigenvalue weighted by Gasteiger charge is 2.28. The van der Waals surface area contributed by atoms with Crippen LogP contribution in [0, 0.1) is 5.92 Å². The zero-order valence-electron chi connectivity index (χ0n) is 26.1. The second kappa shape index (κ2) is 17.6. The number of hydrogen-bond donors (Lipinski definition) is 7. The number of carboxylic acid groups (broad SMARTS) is 1. The van der Waals surface area contributed by atoms with Crippen molar-refractivity contribution in [2.45, 2.75) is 96.2 Å². The second-order valence-corrected chi connectivity index (χ2v) is 12.2. The molecular weight excluding hydrogens is 576 g/mol. The number of carboxylic acids is 1. The van der Waals surface area contributed by atoms with Gasteiger partial charge in [0, 0.05) is 13.0 Å². The molecule has 0 aliphatic carbocycles. The molecule has 0 saturated carbocycles. The number of ether oxygens (including phenoxy) is 3. The number of aliphatic hydroxyl groups is 2. The zero-order chi connectivity index (χ0) is 32.9. The molecular formula is C30H48N4O10. The number of carbonyl (C=O) groups is 4. The van der Waals surface area contributed by atoms with Gasteiger partial charge in [0.1, 0.15) is 42.2 Å². The number of rotatable bonds is 9. The quantitative estimate of drug-likeness (QED) is 0.196. The van der Waals surface area contributed by atoms with Crippen molar-refractivity contribution >= 4 is 24.0 Å². The Bertz CT molecular complexity index is 1080. The van der Waals surface area contributed by atoms with E-state index in [1.807, 2.05) is 13.8 Å². The summed E-state index contributed by atoms with van der Waals surface area (Å²) >= 11 is 0. The lowest BCUT2D eigenvalue weighted by Gasteiger charge is -2.27. The van der Waals surface area contributed by atoms with Gasteiger partial charge in [-0.1, -0.05) is 26.0 Å². The molecule has 14 heteroatoms. The van der Waals surface area contributed by atoms with Crippen molar-refractivity contribution in [2.75, 3.05) is 26.4 Å². The number of nitrogens with one attached hydrogen (secondary N) is 4. The molecule has 2 heterocycles. The summed E-state index contributed by atoms with van der Waals surface area (Å²) in [5.41, 5.74) is 0.0578. The van der Waals surface area contributed by atoms with Crippen LogP contribution in [0.4, 0.5) is 9.59 Å². The fraction of sp³-hybridized carbons (Fsp3) is 0.667. The average molecular weight is 625 g/mol. The van der Waals surface area contributed by atoms with Gasteiger partial charge in [-0.2, -0.15) is 0 Å². The van der Waals surface area contributed by atoms with Crippen LogP contribution in [0.3, 0.4) is 0 Å². The number of carbonyl (C=O) groups excluding carboxylic acids is 3. The van der Waals surface area contributed by atoms with Crippen molar-refractivity contribution in [1.82, 2.24) is 21.3 Å². The number of benzene rings is 1. The van der Waals surface area contributed by atoms with E-state index in [2.05, 4.69) is 21.3 Å². The molecule has 1 aromatic carbocycles. The van der Waals surface area contributed by atoms with E-state index in [1.165, 1.54) is 0 Å². The Labute approximate surface area is 258 Å². The van der Waals surface area contributed by atoms with Crippen molar-refractivity contribution in [1.29, 1.82) is 0 Å². The fourth-order valence-electron chi connectivity index (χ4n) is 4.16. The average Bonchev–Trinajstić information content (AvgIpc) is 2.93. The normalized spacial score (nSPS) is 22.3. The van der Waals surface area contributed by atoms with Gasteiger partial charge in [0.05, 0.1) is 19.3 Å². The molecule has 14 nitrogen and oxygen atoms in total. The van der Waals surface area contributed by atoms with E-state index < -0.39 is 59.9 Å². The number of unbranched alkanes of at least 4 members (excludes halogenated alkanes) is 1. The minimum absolute atomic E-state index is 0.0462. The second-order valence-electron chi connectivity index (χ2n) is 12.2. The molecule has 2 aliphatic rings. The van der Waals surface area contributed by atoms with E-state index in [1.54, 1.807) is 45.0 Å². The van der Waals surface area contributed by atoms with E-state index in [4.69, 9.17) is 14.2 Å². The van der Waals surface area contributed by atoms with Gasteiger partial charge in [0.2, 0.25) is 5.91 Å². The van der Waals surface area contributed by atoms with Gasteiger partial charge in [-0.15, -0.1) is 0 Å². The first-order valence-corrected chi connectivity index (χ1v) is 14.9. The summed E-state index contributed by atoms with van der Waals surface area (Å²) in [5.74, 6) is -1.37. The molecule has 3 rings (SSSR count). The van der Waals surface area contributed by atoms with Crippen molar-refractivity contribution in [2.24, 2.45) is 5.92 Å². The van der Waals surface area contributed by atoms with E-state index >= 15 is 0 Å². The van der Waals surface area contributed by atoms with Crippen molar-refractivity contribution in [3.05, 3.63) is 29.8 Å². The summed E-state index contributed by atoms with van der Waals surface area (Å²) in [6.45, 7) is 8.99. The summed E-state index contributed by atoms with van der Waals surface area (Å²) in [6, 6.07) is 3.11. The third-order valence-electron chi connectivity index (χ3n) is 6.76. The van der Waals surface area contributed by atoms with Gasteiger partial charge >= 0.3 is 18.1 Å². The van der Waals surface area contributed by atoms with Gasteiger partial charge in [-0.05, 0) is 63.6 Å². The van der Waals surface area contributed by atoms with Gasteiger partial charge in [-0.3, -0.25) is 4.79 Å². The summed E-state index contributed by atoms with van der Waals surface area (Å²) in [5, 5.41) is 40.6. The lowest BCUT2D eigenvalue weighted by Crippen LogP contribution is -2.56. The maximum atomic E-state index is 13.4. The van der Waals surface area contributed by atoms with Crippen LogP contribution in [-0.2, 0) is 25.5 Å². The first-order valence-electron chi connectivity index (χ1n) is 14.9. The Morgan fingerprint density at radius 1 is 1.05 bits per heavy atom. The Morgan fingerprint density at radius 2 is 1.70 bits per heavy atom. The molecule has 0 saturated heterocycles. The first-order chi connectivity index (χ1) is 20.6. The van der Waals surface area contributed by atoms with E-state index in [0.717, 1.165) is 0 Å². The van der Waals surface area contributed by atoms with E-state index in [-0.39, 0.29) is 45.1 Å². The number of urea groups is 1. The van der Waals surface area contributed by atoms with Gasteiger partial charge in [-0.25, -0.2) is 14.4 Å². The maximum Gasteiger partial charge on any atom is 0.407 e. The molecule has 1 aromatic rings. The molecule has 4 amide bonds. The Morgan fingerprint density at radius 3 is 2.32 bits per heavy atom. The number of hydrogen-bond acceptors (Lipinski definition) is 9. The lowest BCUT2D eigenvalue weighted by molar-refractivity contribution is -0.139. The fourth-order valence-corrected chi connectivity index (χ4v) is 4.16. The molecule has 0 spiro atoms. The number of alkyl carbamates (subject to hydrolysis) is 1. The highest BCUT2D eigenvalue weighted by atomic mass is 16.6. The SMILES string of the molecule is CC(C)[C@H]1COCC(O)C(O)COc2ccc(cc2)C[C@@H](NC(=O)NC(CCCCNC(=O)OC(C)(C)C)C(=O)O)C(=O)N1. The van der Waals surface area contributed by atoms with Gasteiger partial charge in [0.15, 0.2) is 0 Å². The third-order valence-corrected chi connectivity index (χ3v) is 6.76. The van der Waals surface area contributed by atoms with Crippen LogP contribution in [0.1, 0.15) is 59.4 Å². The van der Waals surface area contributed by atoms with Crippen molar-refractivity contribution in [3.63, 3.8) is 0 Å². The topological polar surface area (TPSA) is 205 Å². The van der Waals surface area contributed by atoms with Crippen LogP contribution in [0.5, 0.6) is 5.75 Å². The minimum atomic E-state index is -1.23. The number of amides is 4. The summed E-state index contributed by atoms with van der Waals surface area (Å²) in [6.07, 6.45) is -1.89. The zero-order valence-corrected chi connectivity index (χ0v) is 26.1. The van der Waals surface area contributed by atoms with E-state index in [0.29, 0.717) is 24.2 Å². The number of aliphatic carboxylic acids is 1. The van der Waals surface area contributed by atoms with Crippen molar-refractivity contribution in [3.8, 4) is 5.75 Å². The number of fused-ring (bicyclic) bond motifs is 13. The van der Waals surface area contributed by atoms with Gasteiger partial charge in [0.25, 0.3) is 0 Å². The van der Waals surface area contributed by atoms with Crippen LogP contribution in [0.25, 0.3) is 0 Å². The predicted molar refractivity (Wildman–Crippen MR) is 160 cm³/mol. The Balaban J connectivity index is 2.07. The first kappa shape index (κ1) is 36.6. The highest BCUT2D eigenvalue weighted by molar-refractivity contribution is 5.89. The van der Waals surface area contributed by atoms with Crippen LogP contribution in [-0.4, -0.2) is 102 Å². The third kappa shape index (κ3) is 13.8. The maximum absolute atomic E-state index is 13.4. The molecule has 3 unspecified atom stereocenters. The number of aliphatic hydroxyl groups excluding tert-OH is 2. The molecule has 5 atom stereocenters. The molecule has 0 radical (unpaired) electrons. The molecule has 2 aliphatic heterocycles. The monoisotopic (exact) mass is 624 g/mol. The molecule has 44 heavy (non-hydrogen) atoms. The standard InChI is InChI=1S/C30H48N4O10/c1-18(2)23-15-42-16-24(35)25(36)17-43-20-11-9-19(10-12-20)14-22(26(37)32-23)34-28(40)33-21(27(38)39)8-6-7-13-31-29(41)44-30(3,4)5/h9-12,18,21-25,35-36H,6-8,13-17H2,1-5H3,(H,31,41)(H,32,37)(H,38,39)(H2,33,34,40)/t21?,22-,23-,24?,25?/m1/s1. The van der Waals surface area contributed by atoms with Crippen LogP contribution in [0.15, 0.2) is 24.3 Å². The van der Waals surface area contributed by atoms with E-state index in [9.17, 15) is 34.5 Å². The summed E-state index contributed by atoms with van der Waals surface area (Å²) < 4.78 is 16.3. The molecule has 0 aromatic heterocycles. The lowest BCUT2D eigenvalue weighted by atomic mass is 10.0. The highest BCUT2D eigenvalue weighted by Crippen LogP contribution is 2.16. The predicted octanol–water partition coefficient (Wildman–Crippen LogP) is 1.32. The minimum Gasteiger partial charge on any atom is -0.491 e. The largest absolute Gasteiger partial charge is 0.491 e. The smallest absolute Gasteiger partial charge is 0.407 e. The van der Waals surface area contributed by atoms with Crippen molar-refractivity contribution < 1.29 is 48.7 Å². The Kier molecular flexibility index (Phi) is 14.6. The Hall–Kier alpha value is -3.62. The van der Waals surface area contributed by atoms with Crippen LogP contribution < -0.4 is 26.0 Å². The van der Waals surface area contributed by atoms with Gasteiger partial charge < -0.3 is 50.8 Å². The summed E-state index contributed by atoms with van der Waals surface area (Å²) in [7, 11) is 0. The molecule has 7 N–H and O–H groups in total. The van der Waals surface area contributed by atoms with Crippen LogP contribution >= 0.6 is 0 Å². The molecule has 2 bridgehead atoms. The molecule has 0 fully saturated rings.